The van der Waals surface area contributed by atoms with E-state index in [9.17, 15) is 4.79 Å². The summed E-state index contributed by atoms with van der Waals surface area (Å²) in [4.78, 5) is 17.6. The van der Waals surface area contributed by atoms with Gasteiger partial charge >= 0.3 is 0 Å². The highest BCUT2D eigenvalue weighted by Gasteiger charge is 2.13. The molecule has 0 bridgehead atoms. The SMILES string of the molecule is CCN(C(C)=O)c1nc(CNc2cccc(CO)c2)cs1. The molecule has 0 unspecified atom stereocenters. The van der Waals surface area contributed by atoms with Crippen molar-refractivity contribution in [3.05, 3.63) is 40.9 Å². The molecule has 21 heavy (non-hydrogen) atoms. The van der Waals surface area contributed by atoms with E-state index < -0.39 is 0 Å². The summed E-state index contributed by atoms with van der Waals surface area (Å²) in [5, 5.41) is 15.1. The maximum atomic E-state index is 11.5. The van der Waals surface area contributed by atoms with Gasteiger partial charge in [-0.3, -0.25) is 9.69 Å². The number of benzene rings is 1. The van der Waals surface area contributed by atoms with Crippen molar-refractivity contribution in [2.75, 3.05) is 16.8 Å². The zero-order chi connectivity index (χ0) is 15.2. The average molecular weight is 305 g/mol. The molecule has 112 valence electrons. The van der Waals surface area contributed by atoms with Gasteiger partial charge in [-0.2, -0.15) is 0 Å². The molecule has 1 aromatic heterocycles. The molecule has 0 saturated carbocycles. The van der Waals surface area contributed by atoms with Crippen molar-refractivity contribution in [2.24, 2.45) is 0 Å². The van der Waals surface area contributed by atoms with Crippen molar-refractivity contribution in [3.8, 4) is 0 Å². The quantitative estimate of drug-likeness (QED) is 0.861. The summed E-state index contributed by atoms with van der Waals surface area (Å²) in [6, 6.07) is 7.62. The molecular formula is C15H19N3O2S. The molecule has 0 radical (unpaired) electrons. The van der Waals surface area contributed by atoms with E-state index >= 15 is 0 Å². The smallest absolute Gasteiger partial charge is 0.225 e. The number of hydrogen-bond acceptors (Lipinski definition) is 5. The first-order valence-corrected chi connectivity index (χ1v) is 7.68. The van der Waals surface area contributed by atoms with Gasteiger partial charge in [0.2, 0.25) is 5.91 Å². The number of aromatic nitrogens is 1. The topological polar surface area (TPSA) is 65.5 Å². The standard InChI is InChI=1S/C15H19N3O2S/c1-3-18(11(2)20)15-17-14(10-21-15)8-16-13-6-4-5-12(7-13)9-19/h4-7,10,16,19H,3,8-9H2,1-2H3. The zero-order valence-corrected chi connectivity index (χ0v) is 13.0. The second kappa shape index (κ2) is 7.19. The molecule has 1 aromatic carbocycles. The van der Waals surface area contributed by atoms with Crippen LogP contribution in [-0.4, -0.2) is 22.5 Å². The van der Waals surface area contributed by atoms with Gasteiger partial charge in [0.15, 0.2) is 5.13 Å². The Balaban J connectivity index is 2.00. The fourth-order valence-electron chi connectivity index (χ4n) is 1.97. The van der Waals surface area contributed by atoms with Crippen molar-refractivity contribution in [1.82, 2.24) is 4.98 Å². The molecule has 2 aromatic rings. The number of nitrogens with zero attached hydrogens (tertiary/aromatic N) is 2. The van der Waals surface area contributed by atoms with Crippen LogP contribution in [0.15, 0.2) is 29.6 Å². The molecule has 0 fully saturated rings. The van der Waals surface area contributed by atoms with Gasteiger partial charge in [0.05, 0.1) is 18.8 Å². The number of amides is 1. The molecule has 2 N–H and O–H groups in total. The first-order valence-electron chi connectivity index (χ1n) is 6.80. The molecule has 0 saturated heterocycles. The average Bonchev–Trinajstić information content (AvgIpc) is 2.94. The molecule has 0 spiro atoms. The Morgan fingerprint density at radius 1 is 1.48 bits per heavy atom. The van der Waals surface area contributed by atoms with Gasteiger partial charge in [0.25, 0.3) is 0 Å². The minimum absolute atomic E-state index is 0.00186. The maximum absolute atomic E-state index is 11.5. The lowest BCUT2D eigenvalue weighted by Crippen LogP contribution is -2.27. The highest BCUT2D eigenvalue weighted by molar-refractivity contribution is 7.14. The molecule has 1 heterocycles. The third-order valence-corrected chi connectivity index (χ3v) is 3.96. The van der Waals surface area contributed by atoms with Crippen molar-refractivity contribution in [3.63, 3.8) is 0 Å². The van der Waals surface area contributed by atoms with Crippen LogP contribution in [0.1, 0.15) is 25.1 Å². The minimum Gasteiger partial charge on any atom is -0.392 e. The summed E-state index contributed by atoms with van der Waals surface area (Å²) in [6.07, 6.45) is 0. The number of rotatable bonds is 6. The van der Waals surface area contributed by atoms with Crippen LogP contribution >= 0.6 is 11.3 Å². The number of carbonyl (C=O) groups is 1. The summed E-state index contributed by atoms with van der Waals surface area (Å²) >= 11 is 1.47. The van der Waals surface area contributed by atoms with Gasteiger partial charge in [-0.25, -0.2) is 4.98 Å². The second-order valence-electron chi connectivity index (χ2n) is 4.60. The molecule has 0 aliphatic carbocycles. The van der Waals surface area contributed by atoms with E-state index in [1.165, 1.54) is 11.3 Å². The Labute approximate surface area is 128 Å². The maximum Gasteiger partial charge on any atom is 0.225 e. The van der Waals surface area contributed by atoms with E-state index in [0.717, 1.165) is 22.1 Å². The van der Waals surface area contributed by atoms with Crippen molar-refractivity contribution in [2.45, 2.75) is 27.0 Å². The van der Waals surface area contributed by atoms with E-state index in [0.29, 0.717) is 13.1 Å². The fourth-order valence-corrected chi connectivity index (χ4v) is 2.90. The van der Waals surface area contributed by atoms with E-state index in [4.69, 9.17) is 5.11 Å². The number of hydrogen-bond donors (Lipinski definition) is 2. The number of aliphatic hydroxyl groups excluding tert-OH is 1. The fraction of sp³-hybridized carbons (Fsp3) is 0.333. The Morgan fingerprint density at radius 3 is 2.95 bits per heavy atom. The Bertz CT molecular complexity index is 612. The summed E-state index contributed by atoms with van der Waals surface area (Å²) in [6.45, 7) is 4.71. The van der Waals surface area contributed by atoms with Crippen LogP contribution in [-0.2, 0) is 17.9 Å². The van der Waals surface area contributed by atoms with Crippen LogP contribution in [0, 0.1) is 0 Å². The van der Waals surface area contributed by atoms with Crippen LogP contribution in [0.4, 0.5) is 10.8 Å². The van der Waals surface area contributed by atoms with Crippen LogP contribution in [0.3, 0.4) is 0 Å². The van der Waals surface area contributed by atoms with Crippen LogP contribution in [0.2, 0.25) is 0 Å². The predicted molar refractivity (Wildman–Crippen MR) is 85.5 cm³/mol. The van der Waals surface area contributed by atoms with E-state index in [2.05, 4.69) is 10.3 Å². The summed E-state index contributed by atoms with van der Waals surface area (Å²) in [7, 11) is 0. The number of thiazole rings is 1. The Hall–Kier alpha value is -1.92. The number of nitrogens with one attached hydrogen (secondary N) is 1. The third kappa shape index (κ3) is 4.03. The van der Waals surface area contributed by atoms with Gasteiger partial charge in [0, 0.05) is 24.5 Å². The minimum atomic E-state index is 0.00186. The highest BCUT2D eigenvalue weighted by Crippen LogP contribution is 2.21. The largest absolute Gasteiger partial charge is 0.392 e. The van der Waals surface area contributed by atoms with Gasteiger partial charge in [-0.1, -0.05) is 12.1 Å². The van der Waals surface area contributed by atoms with Crippen molar-refractivity contribution >= 4 is 28.1 Å². The van der Waals surface area contributed by atoms with Gasteiger partial charge in [-0.15, -0.1) is 11.3 Å². The third-order valence-electron chi connectivity index (χ3n) is 3.05. The molecule has 0 atom stereocenters. The van der Waals surface area contributed by atoms with Crippen LogP contribution < -0.4 is 10.2 Å². The lowest BCUT2D eigenvalue weighted by Gasteiger charge is -2.14. The van der Waals surface area contributed by atoms with E-state index in [1.54, 1.807) is 11.8 Å². The lowest BCUT2D eigenvalue weighted by molar-refractivity contribution is -0.116. The second-order valence-corrected chi connectivity index (χ2v) is 5.43. The van der Waals surface area contributed by atoms with E-state index in [1.807, 2.05) is 36.6 Å². The summed E-state index contributed by atoms with van der Waals surface area (Å²) < 4.78 is 0. The molecule has 6 heteroatoms. The number of aliphatic hydroxyl groups is 1. The summed E-state index contributed by atoms with van der Waals surface area (Å²) in [5.74, 6) is 0.00186. The normalized spacial score (nSPS) is 10.4. The molecule has 0 aliphatic heterocycles. The van der Waals surface area contributed by atoms with Crippen LogP contribution in [0.25, 0.3) is 0 Å². The van der Waals surface area contributed by atoms with Gasteiger partial charge < -0.3 is 10.4 Å². The molecule has 1 amide bonds. The zero-order valence-electron chi connectivity index (χ0n) is 12.2. The Kier molecular flexibility index (Phi) is 5.30. The monoisotopic (exact) mass is 305 g/mol. The number of carbonyl (C=O) groups excluding carboxylic acids is 1. The van der Waals surface area contributed by atoms with Gasteiger partial charge in [-0.05, 0) is 24.6 Å². The first-order chi connectivity index (χ1) is 10.1. The summed E-state index contributed by atoms with van der Waals surface area (Å²) in [5.41, 5.74) is 2.70. The first kappa shape index (κ1) is 15.5. The highest BCUT2D eigenvalue weighted by atomic mass is 32.1. The van der Waals surface area contributed by atoms with Crippen molar-refractivity contribution in [1.29, 1.82) is 0 Å². The van der Waals surface area contributed by atoms with E-state index in [-0.39, 0.29) is 12.5 Å². The number of anilines is 2. The van der Waals surface area contributed by atoms with Gasteiger partial charge in [0.1, 0.15) is 0 Å². The molecule has 2 rings (SSSR count). The molecule has 5 nitrogen and oxygen atoms in total. The predicted octanol–water partition coefficient (Wildman–Crippen LogP) is 2.62. The molecule has 0 aliphatic rings. The molecular weight excluding hydrogens is 286 g/mol. The van der Waals surface area contributed by atoms with Crippen molar-refractivity contribution < 1.29 is 9.90 Å². The van der Waals surface area contributed by atoms with Crippen LogP contribution in [0.5, 0.6) is 0 Å². The Morgan fingerprint density at radius 2 is 2.29 bits per heavy atom. The lowest BCUT2D eigenvalue weighted by atomic mass is 10.2.